The average molecular weight is 323 g/mol. The number of aromatic nitrogens is 3. The number of nitrogens with one attached hydrogen (secondary N) is 1. The Labute approximate surface area is 127 Å². The van der Waals surface area contributed by atoms with Gasteiger partial charge in [-0.3, -0.25) is 4.79 Å². The van der Waals surface area contributed by atoms with Crippen molar-refractivity contribution in [1.82, 2.24) is 15.0 Å². The molecule has 8 heteroatoms. The molecule has 0 aromatic carbocycles. The van der Waals surface area contributed by atoms with Crippen LogP contribution >= 0.6 is 11.3 Å². The first-order valence-corrected chi connectivity index (χ1v) is 7.22. The van der Waals surface area contributed by atoms with Gasteiger partial charge in [0.25, 0.3) is 12.0 Å². The standard InChI is InChI=1S/C14H11F2N3O2S/c1-7-4-9-13(20)18-12(19-14(9)22-7)8-2-3-17-11(5-8)21-6-10(15)16/h2-5,10H,6H2,1H3,(H,18,19,20). The van der Waals surface area contributed by atoms with Crippen molar-refractivity contribution in [1.29, 1.82) is 0 Å². The molecule has 3 rings (SSSR count). The van der Waals surface area contributed by atoms with Gasteiger partial charge < -0.3 is 9.72 Å². The third-order valence-electron chi connectivity index (χ3n) is 2.89. The Kier molecular flexibility index (Phi) is 3.84. The van der Waals surface area contributed by atoms with Crippen molar-refractivity contribution in [2.24, 2.45) is 0 Å². The summed E-state index contributed by atoms with van der Waals surface area (Å²) in [5.41, 5.74) is 0.306. The van der Waals surface area contributed by atoms with Crippen molar-refractivity contribution in [3.05, 3.63) is 39.6 Å². The summed E-state index contributed by atoms with van der Waals surface area (Å²) in [7, 11) is 0. The van der Waals surface area contributed by atoms with Crippen LogP contribution in [-0.2, 0) is 0 Å². The van der Waals surface area contributed by atoms with Gasteiger partial charge in [0.15, 0.2) is 6.61 Å². The number of hydrogen-bond donors (Lipinski definition) is 1. The summed E-state index contributed by atoms with van der Waals surface area (Å²) >= 11 is 1.42. The summed E-state index contributed by atoms with van der Waals surface area (Å²) in [6.07, 6.45) is -1.16. The molecule has 0 bridgehead atoms. The number of thiophene rings is 1. The Hall–Kier alpha value is -2.35. The zero-order chi connectivity index (χ0) is 15.7. The largest absolute Gasteiger partial charge is 0.472 e. The Bertz CT molecular complexity index is 876. The predicted octanol–water partition coefficient (Wildman–Crippen LogP) is 3.00. The highest BCUT2D eigenvalue weighted by Crippen LogP contribution is 2.24. The van der Waals surface area contributed by atoms with Gasteiger partial charge in [0, 0.05) is 22.7 Å². The smallest absolute Gasteiger partial charge is 0.272 e. The van der Waals surface area contributed by atoms with Crippen LogP contribution in [0, 0.1) is 6.92 Å². The topological polar surface area (TPSA) is 67.9 Å². The van der Waals surface area contributed by atoms with E-state index in [1.807, 2.05) is 6.92 Å². The highest BCUT2D eigenvalue weighted by atomic mass is 32.1. The molecule has 5 nitrogen and oxygen atoms in total. The summed E-state index contributed by atoms with van der Waals surface area (Å²) < 4.78 is 29.2. The third kappa shape index (κ3) is 2.96. The van der Waals surface area contributed by atoms with E-state index in [4.69, 9.17) is 4.74 Å². The number of hydrogen-bond acceptors (Lipinski definition) is 5. The fourth-order valence-corrected chi connectivity index (χ4v) is 2.85. The number of nitrogens with zero attached hydrogens (tertiary/aromatic N) is 2. The van der Waals surface area contributed by atoms with E-state index in [1.54, 1.807) is 12.1 Å². The molecule has 0 saturated heterocycles. The van der Waals surface area contributed by atoms with E-state index >= 15 is 0 Å². The minimum absolute atomic E-state index is 0.0582. The molecular weight excluding hydrogens is 312 g/mol. The van der Waals surface area contributed by atoms with Crippen molar-refractivity contribution in [2.75, 3.05) is 6.61 Å². The first-order chi connectivity index (χ1) is 10.5. The average Bonchev–Trinajstić information content (AvgIpc) is 2.86. The molecule has 0 aliphatic carbocycles. The lowest BCUT2D eigenvalue weighted by Crippen LogP contribution is -2.09. The van der Waals surface area contributed by atoms with Crippen LogP contribution in [0.3, 0.4) is 0 Å². The maximum Gasteiger partial charge on any atom is 0.272 e. The van der Waals surface area contributed by atoms with Gasteiger partial charge in [-0.25, -0.2) is 18.7 Å². The Morgan fingerprint density at radius 3 is 3.00 bits per heavy atom. The number of pyridine rings is 1. The van der Waals surface area contributed by atoms with Crippen molar-refractivity contribution in [2.45, 2.75) is 13.3 Å². The highest BCUT2D eigenvalue weighted by molar-refractivity contribution is 7.18. The number of halogens is 2. The SMILES string of the molecule is Cc1cc2c(=O)[nH]c(-c3ccnc(OCC(F)F)c3)nc2s1. The summed E-state index contributed by atoms with van der Waals surface area (Å²) in [6, 6.07) is 4.87. The van der Waals surface area contributed by atoms with Gasteiger partial charge in [-0.1, -0.05) is 0 Å². The molecule has 0 fully saturated rings. The van der Waals surface area contributed by atoms with E-state index in [0.717, 1.165) is 4.88 Å². The minimum atomic E-state index is -2.58. The molecule has 3 aromatic heterocycles. The molecule has 0 spiro atoms. The lowest BCUT2D eigenvalue weighted by Gasteiger charge is -2.06. The van der Waals surface area contributed by atoms with Crippen molar-refractivity contribution in [3.8, 4) is 17.3 Å². The van der Waals surface area contributed by atoms with Crippen LogP contribution in [0.5, 0.6) is 5.88 Å². The zero-order valence-corrected chi connectivity index (χ0v) is 12.3. The van der Waals surface area contributed by atoms with Crippen molar-refractivity contribution < 1.29 is 13.5 Å². The van der Waals surface area contributed by atoms with Crippen LogP contribution in [0.4, 0.5) is 8.78 Å². The number of ether oxygens (including phenoxy) is 1. The fourth-order valence-electron chi connectivity index (χ4n) is 1.97. The highest BCUT2D eigenvalue weighted by Gasteiger charge is 2.10. The van der Waals surface area contributed by atoms with Gasteiger partial charge in [0.2, 0.25) is 5.88 Å². The molecular formula is C14H11F2N3O2S. The normalized spacial score (nSPS) is 11.3. The fraction of sp³-hybridized carbons (Fsp3) is 0.214. The molecule has 0 saturated carbocycles. The van der Waals surface area contributed by atoms with Crippen LogP contribution in [-0.4, -0.2) is 28.0 Å². The Balaban J connectivity index is 2.00. The molecule has 22 heavy (non-hydrogen) atoms. The van der Waals surface area contributed by atoms with E-state index in [9.17, 15) is 13.6 Å². The van der Waals surface area contributed by atoms with Crippen molar-refractivity contribution in [3.63, 3.8) is 0 Å². The lowest BCUT2D eigenvalue weighted by atomic mass is 10.2. The molecule has 0 unspecified atom stereocenters. The number of fused-ring (bicyclic) bond motifs is 1. The first kappa shape index (κ1) is 14.6. The third-order valence-corrected chi connectivity index (χ3v) is 3.84. The number of rotatable bonds is 4. The predicted molar refractivity (Wildman–Crippen MR) is 79.7 cm³/mol. The Morgan fingerprint density at radius 2 is 2.23 bits per heavy atom. The second kappa shape index (κ2) is 5.80. The van der Waals surface area contributed by atoms with Gasteiger partial charge in [-0.15, -0.1) is 11.3 Å². The van der Waals surface area contributed by atoms with Gasteiger partial charge in [-0.05, 0) is 19.1 Å². The maximum atomic E-state index is 12.2. The molecule has 0 aliphatic heterocycles. The zero-order valence-electron chi connectivity index (χ0n) is 11.5. The Morgan fingerprint density at radius 1 is 1.41 bits per heavy atom. The van der Waals surface area contributed by atoms with Crippen molar-refractivity contribution >= 4 is 21.6 Å². The molecule has 0 radical (unpaired) electrons. The van der Waals surface area contributed by atoms with Crippen LogP contribution < -0.4 is 10.3 Å². The first-order valence-electron chi connectivity index (χ1n) is 6.41. The van der Waals surface area contributed by atoms with Crippen LogP contribution in [0.25, 0.3) is 21.6 Å². The molecule has 1 N–H and O–H groups in total. The van der Waals surface area contributed by atoms with E-state index in [1.165, 1.54) is 23.6 Å². The second-order valence-electron chi connectivity index (χ2n) is 4.58. The molecule has 0 atom stereocenters. The van der Waals surface area contributed by atoms with Gasteiger partial charge in [-0.2, -0.15) is 0 Å². The summed E-state index contributed by atoms with van der Waals surface area (Å²) in [4.78, 5) is 24.6. The van der Waals surface area contributed by atoms with E-state index in [0.29, 0.717) is 21.6 Å². The minimum Gasteiger partial charge on any atom is -0.472 e. The van der Waals surface area contributed by atoms with Crippen LogP contribution in [0.1, 0.15) is 4.88 Å². The second-order valence-corrected chi connectivity index (χ2v) is 5.81. The number of H-pyrrole nitrogens is 1. The summed E-state index contributed by atoms with van der Waals surface area (Å²) in [6.45, 7) is 1.16. The monoisotopic (exact) mass is 323 g/mol. The maximum absolute atomic E-state index is 12.2. The molecule has 114 valence electrons. The number of aryl methyl sites for hydroxylation is 1. The van der Waals surface area contributed by atoms with Gasteiger partial charge >= 0.3 is 0 Å². The molecule has 0 amide bonds. The quantitative estimate of drug-likeness (QED) is 0.801. The summed E-state index contributed by atoms with van der Waals surface area (Å²) in [5, 5.41) is 0.537. The summed E-state index contributed by atoms with van der Waals surface area (Å²) in [5.74, 6) is 0.409. The molecule has 0 aliphatic rings. The van der Waals surface area contributed by atoms with E-state index < -0.39 is 13.0 Å². The number of alkyl halides is 2. The lowest BCUT2D eigenvalue weighted by molar-refractivity contribution is 0.0796. The van der Waals surface area contributed by atoms with Crippen LogP contribution in [0.2, 0.25) is 0 Å². The van der Waals surface area contributed by atoms with Gasteiger partial charge in [0.1, 0.15) is 10.7 Å². The number of aromatic amines is 1. The van der Waals surface area contributed by atoms with E-state index in [2.05, 4.69) is 15.0 Å². The molecule has 3 heterocycles. The molecule has 3 aromatic rings. The van der Waals surface area contributed by atoms with Gasteiger partial charge in [0.05, 0.1) is 5.39 Å². The van der Waals surface area contributed by atoms with Crippen LogP contribution in [0.15, 0.2) is 29.2 Å². The van der Waals surface area contributed by atoms with E-state index in [-0.39, 0.29) is 11.4 Å².